The van der Waals surface area contributed by atoms with Crippen molar-refractivity contribution in [1.82, 2.24) is 5.01 Å². The molecule has 0 amide bonds. The third-order valence-electron chi connectivity index (χ3n) is 2.12. The molecule has 4 heteroatoms. The summed E-state index contributed by atoms with van der Waals surface area (Å²) < 4.78 is 0. The lowest BCUT2D eigenvalue weighted by Crippen LogP contribution is -2.16. The standard InChI is InChI=1S/C11H10N2O2/c14-11(15)5-6-13-8-10-4-2-1-3-9(10)7-12-13/h1-7H,8H2,(H,14,15). The molecule has 0 atom stereocenters. The number of fused-ring (bicyclic) bond motifs is 1. The molecule has 1 aliphatic rings. The molecular formula is C11H10N2O2. The summed E-state index contributed by atoms with van der Waals surface area (Å²) in [5.74, 6) is -0.968. The van der Waals surface area contributed by atoms with Crippen LogP contribution in [0.1, 0.15) is 11.1 Å². The highest BCUT2D eigenvalue weighted by Crippen LogP contribution is 2.14. The van der Waals surface area contributed by atoms with Crippen molar-refractivity contribution >= 4 is 12.2 Å². The van der Waals surface area contributed by atoms with Gasteiger partial charge in [0.25, 0.3) is 0 Å². The Kier molecular flexibility index (Phi) is 2.49. The van der Waals surface area contributed by atoms with Crippen molar-refractivity contribution in [2.24, 2.45) is 5.10 Å². The van der Waals surface area contributed by atoms with Crippen LogP contribution in [0.5, 0.6) is 0 Å². The van der Waals surface area contributed by atoms with Gasteiger partial charge in [-0.3, -0.25) is 5.01 Å². The molecule has 0 unspecified atom stereocenters. The van der Waals surface area contributed by atoms with Crippen molar-refractivity contribution < 1.29 is 9.90 Å². The Morgan fingerprint density at radius 2 is 2.27 bits per heavy atom. The van der Waals surface area contributed by atoms with Crippen LogP contribution in [0.15, 0.2) is 41.6 Å². The summed E-state index contributed by atoms with van der Waals surface area (Å²) in [5.41, 5.74) is 2.22. The highest BCUT2D eigenvalue weighted by atomic mass is 16.4. The van der Waals surface area contributed by atoms with E-state index in [1.165, 1.54) is 6.20 Å². The van der Waals surface area contributed by atoms with E-state index in [1.54, 1.807) is 11.2 Å². The fraction of sp³-hybridized carbons (Fsp3) is 0.0909. The Labute approximate surface area is 87.1 Å². The van der Waals surface area contributed by atoms with Crippen LogP contribution in [-0.4, -0.2) is 22.3 Å². The van der Waals surface area contributed by atoms with Gasteiger partial charge < -0.3 is 5.11 Å². The van der Waals surface area contributed by atoms with Crippen LogP contribution in [0.4, 0.5) is 0 Å². The second kappa shape index (κ2) is 3.96. The van der Waals surface area contributed by atoms with Crippen LogP contribution < -0.4 is 0 Å². The minimum Gasteiger partial charge on any atom is -0.478 e. The van der Waals surface area contributed by atoms with Gasteiger partial charge in [0.15, 0.2) is 0 Å². The van der Waals surface area contributed by atoms with Gasteiger partial charge in [-0.05, 0) is 11.1 Å². The smallest absolute Gasteiger partial charge is 0.329 e. The van der Waals surface area contributed by atoms with Crippen molar-refractivity contribution in [3.05, 3.63) is 47.7 Å². The molecule has 1 aliphatic heterocycles. The highest BCUT2D eigenvalue weighted by Gasteiger charge is 2.08. The number of hydrogen-bond donors (Lipinski definition) is 1. The molecule has 0 radical (unpaired) electrons. The van der Waals surface area contributed by atoms with E-state index in [-0.39, 0.29) is 0 Å². The topological polar surface area (TPSA) is 52.9 Å². The van der Waals surface area contributed by atoms with Crippen LogP contribution in [0.2, 0.25) is 0 Å². The van der Waals surface area contributed by atoms with Crippen LogP contribution >= 0.6 is 0 Å². The minimum atomic E-state index is -0.968. The summed E-state index contributed by atoms with van der Waals surface area (Å²) in [4.78, 5) is 10.3. The third-order valence-corrected chi connectivity index (χ3v) is 2.12. The second-order valence-corrected chi connectivity index (χ2v) is 3.19. The Morgan fingerprint density at radius 1 is 1.47 bits per heavy atom. The molecule has 4 nitrogen and oxygen atoms in total. The predicted molar refractivity (Wildman–Crippen MR) is 56.4 cm³/mol. The zero-order chi connectivity index (χ0) is 10.7. The molecule has 0 spiro atoms. The van der Waals surface area contributed by atoms with Crippen LogP contribution in [0.25, 0.3) is 0 Å². The zero-order valence-electron chi connectivity index (χ0n) is 8.00. The van der Waals surface area contributed by atoms with E-state index in [0.29, 0.717) is 6.54 Å². The molecular weight excluding hydrogens is 192 g/mol. The predicted octanol–water partition coefficient (Wildman–Crippen LogP) is 1.43. The third kappa shape index (κ3) is 2.22. The van der Waals surface area contributed by atoms with Crippen molar-refractivity contribution in [3.8, 4) is 0 Å². The number of aliphatic carboxylic acids is 1. The molecule has 1 aromatic rings. The van der Waals surface area contributed by atoms with Gasteiger partial charge in [-0.1, -0.05) is 24.3 Å². The van der Waals surface area contributed by atoms with Crippen LogP contribution in [0, 0.1) is 0 Å². The van der Waals surface area contributed by atoms with Gasteiger partial charge in [0.2, 0.25) is 0 Å². The molecule has 1 heterocycles. The molecule has 15 heavy (non-hydrogen) atoms. The number of carbonyl (C=O) groups is 1. The Balaban J connectivity index is 2.16. The molecule has 2 rings (SSSR count). The molecule has 0 saturated heterocycles. The van der Waals surface area contributed by atoms with Gasteiger partial charge in [0.1, 0.15) is 0 Å². The second-order valence-electron chi connectivity index (χ2n) is 3.19. The van der Waals surface area contributed by atoms with E-state index >= 15 is 0 Å². The van der Waals surface area contributed by atoms with Crippen molar-refractivity contribution in [3.63, 3.8) is 0 Å². The lowest BCUT2D eigenvalue weighted by Gasteiger charge is -2.19. The molecule has 0 aliphatic carbocycles. The summed E-state index contributed by atoms with van der Waals surface area (Å²) in [6.07, 6.45) is 4.26. The highest BCUT2D eigenvalue weighted by molar-refractivity contribution is 5.82. The quantitative estimate of drug-likeness (QED) is 0.738. The lowest BCUT2D eigenvalue weighted by atomic mass is 10.1. The molecule has 1 N–H and O–H groups in total. The molecule has 0 saturated carbocycles. The van der Waals surface area contributed by atoms with Gasteiger partial charge in [-0.2, -0.15) is 5.10 Å². The Hall–Kier alpha value is -2.10. The van der Waals surface area contributed by atoms with E-state index in [4.69, 9.17) is 5.11 Å². The minimum absolute atomic E-state index is 0.608. The fourth-order valence-corrected chi connectivity index (χ4v) is 1.40. The maximum Gasteiger partial charge on any atom is 0.329 e. The SMILES string of the molecule is O=C(O)C=CN1Cc2ccccc2C=N1. The Bertz CT molecular complexity index is 438. The number of benzene rings is 1. The number of hydrazone groups is 1. The van der Waals surface area contributed by atoms with E-state index in [2.05, 4.69) is 5.10 Å². The lowest BCUT2D eigenvalue weighted by molar-refractivity contribution is -0.131. The van der Waals surface area contributed by atoms with E-state index in [9.17, 15) is 4.79 Å². The molecule has 1 aromatic carbocycles. The van der Waals surface area contributed by atoms with Gasteiger partial charge in [0, 0.05) is 12.3 Å². The first-order valence-electron chi connectivity index (χ1n) is 4.55. The number of nitrogens with zero attached hydrogens (tertiary/aromatic N) is 2. The number of rotatable bonds is 2. The van der Waals surface area contributed by atoms with E-state index in [1.807, 2.05) is 24.3 Å². The summed E-state index contributed by atoms with van der Waals surface area (Å²) >= 11 is 0. The van der Waals surface area contributed by atoms with Crippen molar-refractivity contribution in [2.75, 3.05) is 0 Å². The first-order valence-corrected chi connectivity index (χ1v) is 4.55. The number of carboxylic acid groups (broad SMARTS) is 1. The van der Waals surface area contributed by atoms with Gasteiger partial charge in [0.05, 0.1) is 12.8 Å². The largest absolute Gasteiger partial charge is 0.478 e. The van der Waals surface area contributed by atoms with Crippen molar-refractivity contribution in [2.45, 2.75) is 6.54 Å². The maximum atomic E-state index is 10.3. The monoisotopic (exact) mass is 202 g/mol. The molecule has 76 valence electrons. The van der Waals surface area contributed by atoms with Crippen molar-refractivity contribution in [1.29, 1.82) is 0 Å². The maximum absolute atomic E-state index is 10.3. The van der Waals surface area contributed by atoms with Gasteiger partial charge in [-0.15, -0.1) is 0 Å². The first kappa shape index (κ1) is 9.45. The Morgan fingerprint density at radius 3 is 3.07 bits per heavy atom. The summed E-state index contributed by atoms with van der Waals surface area (Å²) in [5, 5.41) is 14.2. The van der Waals surface area contributed by atoms with Crippen LogP contribution in [-0.2, 0) is 11.3 Å². The van der Waals surface area contributed by atoms with Gasteiger partial charge in [-0.25, -0.2) is 4.79 Å². The fourth-order valence-electron chi connectivity index (χ4n) is 1.40. The zero-order valence-corrected chi connectivity index (χ0v) is 8.00. The normalized spacial score (nSPS) is 14.3. The average molecular weight is 202 g/mol. The average Bonchev–Trinajstić information content (AvgIpc) is 2.26. The number of carboxylic acids is 1. The van der Waals surface area contributed by atoms with Gasteiger partial charge >= 0.3 is 5.97 Å². The molecule has 0 fully saturated rings. The first-order chi connectivity index (χ1) is 7.25. The van der Waals surface area contributed by atoms with E-state index < -0.39 is 5.97 Å². The number of hydrogen-bond acceptors (Lipinski definition) is 3. The summed E-state index contributed by atoms with van der Waals surface area (Å²) in [7, 11) is 0. The van der Waals surface area contributed by atoms with E-state index in [0.717, 1.165) is 17.2 Å². The molecule has 0 aromatic heterocycles. The summed E-state index contributed by atoms with van der Waals surface area (Å²) in [6.45, 7) is 0.608. The summed E-state index contributed by atoms with van der Waals surface area (Å²) in [6, 6.07) is 7.89. The van der Waals surface area contributed by atoms with Crippen LogP contribution in [0.3, 0.4) is 0 Å². The molecule has 0 bridgehead atoms.